The first-order valence-electron chi connectivity index (χ1n) is 13.4. The summed E-state index contributed by atoms with van der Waals surface area (Å²) in [6.07, 6.45) is 7.48. The van der Waals surface area contributed by atoms with Crippen molar-refractivity contribution in [1.29, 1.82) is 0 Å². The Morgan fingerprint density at radius 1 is 0.838 bits per heavy atom. The van der Waals surface area contributed by atoms with Crippen LogP contribution in [0.3, 0.4) is 0 Å². The van der Waals surface area contributed by atoms with Crippen LogP contribution in [0.4, 0.5) is 0 Å². The zero-order chi connectivity index (χ0) is 27.3. The quantitative estimate of drug-likeness (QED) is 0.170. The van der Waals surface area contributed by atoms with E-state index < -0.39 is 17.4 Å². The average molecular weight is 509 g/mol. The first-order chi connectivity index (χ1) is 17.6. The van der Waals surface area contributed by atoms with Crippen LogP contribution in [-0.2, 0) is 44.7 Å². The molecule has 2 aromatic carbocycles. The topological polar surface area (TPSA) is 72.8 Å². The number of hydrogen-bond acceptors (Lipinski definition) is 5. The van der Waals surface area contributed by atoms with Gasteiger partial charge in [0.15, 0.2) is 0 Å². The van der Waals surface area contributed by atoms with E-state index in [1.165, 1.54) is 36.0 Å². The summed E-state index contributed by atoms with van der Waals surface area (Å²) in [6.45, 7) is 10.6. The normalized spacial score (nSPS) is 12.1. The fourth-order valence-electron chi connectivity index (χ4n) is 3.85. The Kier molecular flexibility index (Phi) is 12.6. The van der Waals surface area contributed by atoms with Gasteiger partial charge in [0.05, 0.1) is 25.2 Å². The average Bonchev–Trinajstić information content (AvgIpc) is 2.90. The van der Waals surface area contributed by atoms with Crippen molar-refractivity contribution in [2.24, 2.45) is 11.3 Å². The van der Waals surface area contributed by atoms with Crippen LogP contribution in [-0.4, -0.2) is 36.9 Å². The van der Waals surface area contributed by atoms with E-state index >= 15 is 0 Å². The molecule has 0 aliphatic carbocycles. The number of ether oxygens (including phenoxy) is 2. The number of carbonyl (C=O) groups is 2. The second-order valence-electron chi connectivity index (χ2n) is 10.7. The predicted molar refractivity (Wildman–Crippen MR) is 148 cm³/mol. The van der Waals surface area contributed by atoms with Gasteiger partial charge in [-0.25, -0.2) is 4.79 Å². The fourth-order valence-corrected chi connectivity index (χ4v) is 3.85. The lowest BCUT2D eigenvalue weighted by Gasteiger charge is -2.23. The lowest BCUT2D eigenvalue weighted by molar-refractivity contribution is -0.158. The SMILES string of the molecule is C=C(C)C(=O)OCC(COC(=O)C(C)(C)CO)Cc1ccc(CCc2ccc(CCCCC)cc2)cc1. The molecule has 0 amide bonds. The number of carbonyl (C=O) groups excluding carboxylic acids is 2. The second kappa shape index (κ2) is 15.4. The van der Waals surface area contributed by atoms with Gasteiger partial charge < -0.3 is 14.6 Å². The van der Waals surface area contributed by atoms with Crippen LogP contribution in [0, 0.1) is 11.3 Å². The first kappa shape index (κ1) is 30.3. The highest BCUT2D eigenvalue weighted by molar-refractivity contribution is 5.86. The molecule has 0 aromatic heterocycles. The van der Waals surface area contributed by atoms with E-state index in [2.05, 4.69) is 62.0 Å². The predicted octanol–water partition coefficient (Wildman–Crippen LogP) is 6.04. The van der Waals surface area contributed by atoms with Crippen molar-refractivity contribution in [3.05, 3.63) is 82.9 Å². The third kappa shape index (κ3) is 10.9. The zero-order valence-electron chi connectivity index (χ0n) is 23.1. The molecule has 0 aliphatic rings. The highest BCUT2D eigenvalue weighted by Crippen LogP contribution is 2.19. The molecule has 1 N–H and O–H groups in total. The smallest absolute Gasteiger partial charge is 0.333 e. The summed E-state index contributed by atoms with van der Waals surface area (Å²) in [5, 5.41) is 9.42. The van der Waals surface area contributed by atoms with Crippen LogP contribution >= 0.6 is 0 Å². The maximum Gasteiger partial charge on any atom is 0.333 e. The minimum absolute atomic E-state index is 0.0991. The Balaban J connectivity index is 1.93. The molecule has 0 spiro atoms. The van der Waals surface area contributed by atoms with E-state index in [0.717, 1.165) is 24.8 Å². The standard InChI is InChI=1S/C32H44O5/c1-6-7-8-9-25-10-12-26(13-11-25)14-15-27-16-18-28(19-17-27)20-29(21-36-30(34)24(2)3)22-37-31(35)32(4,5)23-33/h10-13,16-19,29,33H,2,6-9,14-15,20-23H2,1,3-5H3. The molecule has 0 saturated carbocycles. The summed E-state index contributed by atoms with van der Waals surface area (Å²) < 4.78 is 10.8. The van der Waals surface area contributed by atoms with Crippen molar-refractivity contribution < 1.29 is 24.2 Å². The molecule has 1 atom stereocenters. The van der Waals surface area contributed by atoms with Crippen LogP contribution in [0.5, 0.6) is 0 Å². The summed E-state index contributed by atoms with van der Waals surface area (Å²) in [4.78, 5) is 24.2. The minimum Gasteiger partial charge on any atom is -0.465 e. The van der Waals surface area contributed by atoms with E-state index in [1.807, 2.05) is 0 Å². The highest BCUT2D eigenvalue weighted by atomic mass is 16.5. The van der Waals surface area contributed by atoms with E-state index in [-0.39, 0.29) is 25.7 Å². The maximum absolute atomic E-state index is 12.3. The lowest BCUT2D eigenvalue weighted by Crippen LogP contribution is -2.32. The number of rotatable bonds is 16. The molecule has 202 valence electrons. The summed E-state index contributed by atoms with van der Waals surface area (Å²) in [7, 11) is 0. The van der Waals surface area contributed by atoms with Crippen molar-refractivity contribution in [3.8, 4) is 0 Å². The number of esters is 2. The van der Waals surface area contributed by atoms with E-state index in [4.69, 9.17) is 9.47 Å². The molecule has 5 nitrogen and oxygen atoms in total. The van der Waals surface area contributed by atoms with Crippen LogP contribution in [0.15, 0.2) is 60.7 Å². The van der Waals surface area contributed by atoms with Gasteiger partial charge in [0.1, 0.15) is 0 Å². The van der Waals surface area contributed by atoms with Gasteiger partial charge in [-0.15, -0.1) is 0 Å². The van der Waals surface area contributed by atoms with Crippen molar-refractivity contribution in [2.45, 2.75) is 72.6 Å². The van der Waals surface area contributed by atoms with Crippen molar-refractivity contribution in [3.63, 3.8) is 0 Å². The Morgan fingerprint density at radius 3 is 1.81 bits per heavy atom. The van der Waals surface area contributed by atoms with Gasteiger partial charge >= 0.3 is 11.9 Å². The van der Waals surface area contributed by atoms with Gasteiger partial charge in [0, 0.05) is 11.5 Å². The monoisotopic (exact) mass is 508 g/mol. The lowest BCUT2D eigenvalue weighted by atomic mass is 9.95. The number of aliphatic hydroxyl groups is 1. The molecular formula is C32H44O5. The van der Waals surface area contributed by atoms with Crippen molar-refractivity contribution >= 4 is 11.9 Å². The third-order valence-corrected chi connectivity index (χ3v) is 6.54. The Hall–Kier alpha value is -2.92. The van der Waals surface area contributed by atoms with Crippen molar-refractivity contribution in [1.82, 2.24) is 0 Å². The number of benzene rings is 2. The van der Waals surface area contributed by atoms with Crippen LogP contribution in [0.1, 0.15) is 69.2 Å². The molecule has 1 unspecified atom stereocenters. The molecular weight excluding hydrogens is 464 g/mol. The van der Waals surface area contributed by atoms with E-state index in [9.17, 15) is 14.7 Å². The largest absolute Gasteiger partial charge is 0.465 e. The molecule has 2 aromatic rings. The van der Waals surface area contributed by atoms with Crippen LogP contribution in [0.25, 0.3) is 0 Å². The van der Waals surface area contributed by atoms with Crippen molar-refractivity contribution in [2.75, 3.05) is 19.8 Å². The van der Waals surface area contributed by atoms with E-state index in [0.29, 0.717) is 12.0 Å². The van der Waals surface area contributed by atoms with E-state index in [1.54, 1.807) is 20.8 Å². The third-order valence-electron chi connectivity index (χ3n) is 6.54. The maximum atomic E-state index is 12.3. The molecule has 5 heteroatoms. The number of aryl methyl sites for hydroxylation is 3. The Morgan fingerprint density at radius 2 is 1.32 bits per heavy atom. The van der Waals surface area contributed by atoms with Gasteiger partial charge in [-0.3, -0.25) is 4.79 Å². The number of aliphatic hydroxyl groups excluding tert-OH is 1. The molecule has 0 saturated heterocycles. The van der Waals surface area contributed by atoms with Crippen LogP contribution in [0.2, 0.25) is 0 Å². The molecule has 0 heterocycles. The number of unbranched alkanes of at least 4 members (excludes halogenated alkanes) is 2. The van der Waals surface area contributed by atoms with Gasteiger partial charge in [0.25, 0.3) is 0 Å². The molecule has 0 aliphatic heterocycles. The number of hydrogen-bond donors (Lipinski definition) is 1. The first-order valence-corrected chi connectivity index (χ1v) is 13.4. The second-order valence-corrected chi connectivity index (χ2v) is 10.7. The summed E-state index contributed by atoms with van der Waals surface area (Å²) in [5.74, 6) is -1.14. The molecule has 0 radical (unpaired) electrons. The van der Waals surface area contributed by atoms with Crippen LogP contribution < -0.4 is 0 Å². The van der Waals surface area contributed by atoms with Gasteiger partial charge in [-0.05, 0) is 75.1 Å². The molecule has 0 fully saturated rings. The molecule has 2 rings (SSSR count). The summed E-state index contributed by atoms with van der Waals surface area (Å²) in [5.41, 5.74) is 4.44. The highest BCUT2D eigenvalue weighted by Gasteiger charge is 2.29. The van der Waals surface area contributed by atoms with Gasteiger partial charge in [-0.1, -0.05) is 74.9 Å². The molecule has 37 heavy (non-hydrogen) atoms. The van der Waals surface area contributed by atoms with Gasteiger partial charge in [-0.2, -0.15) is 0 Å². The Bertz CT molecular complexity index is 989. The summed E-state index contributed by atoms with van der Waals surface area (Å²) >= 11 is 0. The van der Waals surface area contributed by atoms with Gasteiger partial charge in [0.2, 0.25) is 0 Å². The molecule has 0 bridgehead atoms. The zero-order valence-corrected chi connectivity index (χ0v) is 23.1. The Labute approximate surface area is 222 Å². The fraction of sp³-hybridized carbons (Fsp3) is 0.500. The minimum atomic E-state index is -0.976. The summed E-state index contributed by atoms with van der Waals surface area (Å²) in [6, 6.07) is 17.4.